The average molecular weight is 327 g/mol. The summed E-state index contributed by atoms with van der Waals surface area (Å²) < 4.78 is 0. The molecule has 0 aliphatic carbocycles. The first kappa shape index (κ1) is 13.3. The van der Waals surface area contributed by atoms with Crippen LogP contribution in [-0.2, 0) is 11.9 Å². The summed E-state index contributed by atoms with van der Waals surface area (Å²) in [7, 11) is 1.97. The Hall–Kier alpha value is -1.13. The van der Waals surface area contributed by atoms with Crippen LogP contribution in [0.1, 0.15) is 11.1 Å². The van der Waals surface area contributed by atoms with Gasteiger partial charge >= 0.3 is 0 Å². The molecule has 0 fully saturated rings. The van der Waals surface area contributed by atoms with Crippen molar-refractivity contribution in [2.24, 2.45) is 0 Å². The molecule has 0 aliphatic rings. The largest absolute Gasteiger partial charge is 0.340 e. The maximum atomic E-state index is 5.86. The standard InChI is InChI=1S/C13H13BrClN3/c1-18(9-10-2-4-12(15)5-3-10)13-16-7-11(6-14)8-17-13/h2-5,7-8H,6,9H2,1H3. The maximum absolute atomic E-state index is 5.86. The molecule has 1 aromatic heterocycles. The van der Waals surface area contributed by atoms with Crippen molar-refractivity contribution in [3.05, 3.63) is 52.8 Å². The number of hydrogen-bond donors (Lipinski definition) is 0. The van der Waals surface area contributed by atoms with Crippen molar-refractivity contribution in [3.63, 3.8) is 0 Å². The number of halogens is 2. The van der Waals surface area contributed by atoms with E-state index in [0.717, 1.165) is 28.4 Å². The highest BCUT2D eigenvalue weighted by molar-refractivity contribution is 9.08. The topological polar surface area (TPSA) is 29.0 Å². The van der Waals surface area contributed by atoms with Crippen LogP contribution in [0.25, 0.3) is 0 Å². The minimum atomic E-state index is 0.717. The number of nitrogens with zero attached hydrogens (tertiary/aromatic N) is 3. The zero-order valence-corrected chi connectivity index (χ0v) is 12.3. The Morgan fingerprint density at radius 2 is 1.72 bits per heavy atom. The van der Waals surface area contributed by atoms with Crippen LogP contribution in [0.2, 0.25) is 5.02 Å². The predicted octanol–water partition coefficient (Wildman–Crippen LogP) is 3.66. The molecule has 0 saturated carbocycles. The normalized spacial score (nSPS) is 10.4. The number of benzene rings is 1. The van der Waals surface area contributed by atoms with Gasteiger partial charge in [0, 0.05) is 36.3 Å². The third-order valence-corrected chi connectivity index (χ3v) is 3.42. The summed E-state index contributed by atoms with van der Waals surface area (Å²) in [5.74, 6) is 0.717. The molecule has 2 aromatic rings. The molecule has 3 nitrogen and oxygen atoms in total. The zero-order chi connectivity index (χ0) is 13.0. The summed E-state index contributed by atoms with van der Waals surface area (Å²) >= 11 is 9.23. The highest BCUT2D eigenvalue weighted by Gasteiger charge is 2.05. The van der Waals surface area contributed by atoms with Crippen LogP contribution in [-0.4, -0.2) is 17.0 Å². The van der Waals surface area contributed by atoms with Crippen LogP contribution >= 0.6 is 27.5 Å². The van der Waals surface area contributed by atoms with E-state index in [2.05, 4.69) is 25.9 Å². The van der Waals surface area contributed by atoms with Crippen molar-refractivity contribution in [2.75, 3.05) is 11.9 Å². The molecule has 0 unspecified atom stereocenters. The van der Waals surface area contributed by atoms with Gasteiger partial charge in [-0.2, -0.15) is 0 Å². The lowest BCUT2D eigenvalue weighted by molar-refractivity contribution is 0.863. The Labute approximate surface area is 120 Å². The number of hydrogen-bond acceptors (Lipinski definition) is 3. The van der Waals surface area contributed by atoms with Crippen LogP contribution < -0.4 is 4.90 Å². The highest BCUT2D eigenvalue weighted by atomic mass is 79.9. The fourth-order valence-electron chi connectivity index (χ4n) is 1.55. The minimum Gasteiger partial charge on any atom is -0.340 e. The van der Waals surface area contributed by atoms with E-state index in [1.54, 1.807) is 0 Å². The van der Waals surface area contributed by atoms with E-state index >= 15 is 0 Å². The quantitative estimate of drug-likeness (QED) is 0.803. The van der Waals surface area contributed by atoms with Crippen molar-refractivity contribution in [3.8, 4) is 0 Å². The molecule has 0 spiro atoms. The van der Waals surface area contributed by atoms with Crippen molar-refractivity contribution >= 4 is 33.5 Å². The van der Waals surface area contributed by atoms with E-state index in [4.69, 9.17) is 11.6 Å². The molecule has 1 aromatic carbocycles. The molecule has 5 heteroatoms. The number of alkyl halides is 1. The van der Waals surface area contributed by atoms with Crippen LogP contribution in [0.15, 0.2) is 36.7 Å². The molecule has 0 amide bonds. The second kappa shape index (κ2) is 6.16. The molecule has 0 bridgehead atoms. The third-order valence-electron chi connectivity index (χ3n) is 2.52. The SMILES string of the molecule is CN(Cc1ccc(Cl)cc1)c1ncc(CBr)cn1. The lowest BCUT2D eigenvalue weighted by Crippen LogP contribution is -2.18. The molecular formula is C13H13BrClN3. The van der Waals surface area contributed by atoms with E-state index < -0.39 is 0 Å². The second-order valence-corrected chi connectivity index (χ2v) is 5.00. The van der Waals surface area contributed by atoms with Gasteiger partial charge in [-0.15, -0.1) is 0 Å². The number of aromatic nitrogens is 2. The van der Waals surface area contributed by atoms with E-state index in [1.165, 1.54) is 5.56 Å². The van der Waals surface area contributed by atoms with Crippen molar-refractivity contribution in [2.45, 2.75) is 11.9 Å². The van der Waals surface area contributed by atoms with E-state index in [0.29, 0.717) is 0 Å². The summed E-state index contributed by atoms with van der Waals surface area (Å²) in [4.78, 5) is 10.6. The smallest absolute Gasteiger partial charge is 0.225 e. The molecule has 2 rings (SSSR count). The summed E-state index contributed by atoms with van der Waals surface area (Å²) in [6.07, 6.45) is 3.66. The Bertz CT molecular complexity index is 499. The van der Waals surface area contributed by atoms with E-state index in [-0.39, 0.29) is 0 Å². The first-order valence-corrected chi connectivity index (χ1v) is 7.01. The fourth-order valence-corrected chi connectivity index (χ4v) is 1.96. The summed E-state index contributed by atoms with van der Waals surface area (Å²) in [5, 5.41) is 1.52. The van der Waals surface area contributed by atoms with Crippen LogP contribution in [0.3, 0.4) is 0 Å². The first-order chi connectivity index (χ1) is 8.69. The van der Waals surface area contributed by atoms with Crippen molar-refractivity contribution in [1.29, 1.82) is 0 Å². The predicted molar refractivity (Wildman–Crippen MR) is 78.2 cm³/mol. The highest BCUT2D eigenvalue weighted by Crippen LogP contribution is 2.14. The molecule has 0 aliphatic heterocycles. The van der Waals surface area contributed by atoms with Gasteiger partial charge in [-0.1, -0.05) is 39.7 Å². The van der Waals surface area contributed by atoms with Gasteiger partial charge in [0.05, 0.1) is 0 Å². The molecule has 0 radical (unpaired) electrons. The van der Waals surface area contributed by atoms with Gasteiger partial charge in [-0.3, -0.25) is 0 Å². The van der Waals surface area contributed by atoms with Gasteiger partial charge in [0.1, 0.15) is 0 Å². The average Bonchev–Trinajstić information content (AvgIpc) is 2.41. The van der Waals surface area contributed by atoms with Crippen LogP contribution in [0, 0.1) is 0 Å². The van der Waals surface area contributed by atoms with Crippen LogP contribution in [0.5, 0.6) is 0 Å². The molecule has 0 N–H and O–H groups in total. The van der Waals surface area contributed by atoms with Gasteiger partial charge in [-0.25, -0.2) is 9.97 Å². The van der Waals surface area contributed by atoms with Gasteiger partial charge in [0.2, 0.25) is 5.95 Å². The molecule has 94 valence electrons. The number of anilines is 1. The Kier molecular flexibility index (Phi) is 4.55. The Morgan fingerprint density at radius 1 is 1.11 bits per heavy atom. The summed E-state index contributed by atoms with van der Waals surface area (Å²) in [5.41, 5.74) is 2.24. The Balaban J connectivity index is 2.06. The lowest BCUT2D eigenvalue weighted by atomic mass is 10.2. The maximum Gasteiger partial charge on any atom is 0.225 e. The van der Waals surface area contributed by atoms with Crippen LogP contribution in [0.4, 0.5) is 5.95 Å². The van der Waals surface area contributed by atoms with Crippen molar-refractivity contribution < 1.29 is 0 Å². The van der Waals surface area contributed by atoms with Gasteiger partial charge in [0.15, 0.2) is 0 Å². The minimum absolute atomic E-state index is 0.717. The van der Waals surface area contributed by atoms with Gasteiger partial charge < -0.3 is 4.90 Å². The Morgan fingerprint density at radius 3 is 2.28 bits per heavy atom. The third kappa shape index (κ3) is 3.43. The molecule has 18 heavy (non-hydrogen) atoms. The molecular weight excluding hydrogens is 314 g/mol. The second-order valence-electron chi connectivity index (χ2n) is 4.01. The monoisotopic (exact) mass is 325 g/mol. The van der Waals surface area contributed by atoms with Gasteiger partial charge in [0.25, 0.3) is 0 Å². The van der Waals surface area contributed by atoms with Crippen molar-refractivity contribution in [1.82, 2.24) is 9.97 Å². The van der Waals surface area contributed by atoms with Gasteiger partial charge in [-0.05, 0) is 23.3 Å². The first-order valence-electron chi connectivity index (χ1n) is 5.51. The fraction of sp³-hybridized carbons (Fsp3) is 0.231. The van der Waals surface area contributed by atoms with E-state index in [1.807, 2.05) is 48.6 Å². The summed E-state index contributed by atoms with van der Waals surface area (Å²) in [6, 6.07) is 7.79. The molecule has 0 atom stereocenters. The molecule has 1 heterocycles. The zero-order valence-electron chi connectivity index (χ0n) is 9.98. The van der Waals surface area contributed by atoms with E-state index in [9.17, 15) is 0 Å². The molecule has 0 saturated heterocycles. The summed E-state index contributed by atoms with van der Waals surface area (Å²) in [6.45, 7) is 0.755. The number of rotatable bonds is 4. The lowest BCUT2D eigenvalue weighted by Gasteiger charge is -2.17.